The van der Waals surface area contributed by atoms with Crippen molar-refractivity contribution in [3.05, 3.63) is 125 Å². The molecule has 3 N–H and O–H groups in total. The van der Waals surface area contributed by atoms with E-state index in [2.05, 4.69) is 44.0 Å². The molecule has 0 atom stereocenters. The summed E-state index contributed by atoms with van der Waals surface area (Å²) in [5.74, 6) is -0.653. The van der Waals surface area contributed by atoms with Gasteiger partial charge in [0.1, 0.15) is 0 Å². The number of carbonyl (C=O) groups excluding carboxylic acids is 3. The number of hydrogen-bond acceptors (Lipinski definition) is 3. The molecule has 0 heterocycles. The fourth-order valence-corrected chi connectivity index (χ4v) is 4.94. The average molecular weight is 677 g/mol. The highest BCUT2D eigenvalue weighted by molar-refractivity contribution is 6.07. The summed E-state index contributed by atoms with van der Waals surface area (Å²) in [4.78, 5) is 38.1. The van der Waals surface area contributed by atoms with E-state index in [0.29, 0.717) is 33.8 Å². The van der Waals surface area contributed by atoms with E-state index in [1.165, 1.54) is 36.9 Å². The van der Waals surface area contributed by atoms with Crippen molar-refractivity contribution in [1.82, 2.24) is 0 Å². The van der Waals surface area contributed by atoms with Gasteiger partial charge in [-0.05, 0) is 116 Å². The first kappa shape index (κ1) is 39.0. The maximum atomic E-state index is 12.8. The Morgan fingerprint density at radius 3 is 1.21 bits per heavy atom. The number of hydrogen-bond donors (Lipinski definition) is 3. The van der Waals surface area contributed by atoms with Crippen LogP contribution in [-0.4, -0.2) is 49.9 Å². The first-order valence-electron chi connectivity index (χ1n) is 15.7. The molecule has 0 bridgehead atoms. The van der Waals surface area contributed by atoms with Crippen LogP contribution in [0.3, 0.4) is 0 Å². The number of amides is 3. The number of rotatable bonds is 14. The molecule has 0 saturated carbocycles. The number of quaternary nitrogens is 1. The van der Waals surface area contributed by atoms with Crippen LogP contribution < -0.4 is 40.8 Å². The third-order valence-corrected chi connectivity index (χ3v) is 7.69. The Bertz CT molecular complexity index is 1570. The first-order chi connectivity index (χ1) is 21.6. The molecule has 47 heavy (non-hydrogen) atoms. The summed E-state index contributed by atoms with van der Waals surface area (Å²) >= 11 is 0. The number of carbonyl (C=O) groups is 3. The molecule has 0 unspecified atom stereocenters. The summed E-state index contributed by atoms with van der Waals surface area (Å²) in [6.07, 6.45) is 6.82. The van der Waals surface area contributed by atoms with Crippen LogP contribution in [0.5, 0.6) is 0 Å². The summed E-state index contributed by atoms with van der Waals surface area (Å²) in [5.41, 5.74) is 5.91. The van der Waals surface area contributed by atoms with E-state index in [0.717, 1.165) is 23.7 Å². The van der Waals surface area contributed by atoms with Gasteiger partial charge in [0.25, 0.3) is 17.7 Å². The van der Waals surface area contributed by atoms with Gasteiger partial charge in [0.2, 0.25) is 0 Å². The maximum absolute atomic E-state index is 12.8. The highest BCUT2D eigenvalue weighted by Crippen LogP contribution is 2.18. The molecule has 0 saturated heterocycles. The van der Waals surface area contributed by atoms with Crippen molar-refractivity contribution in [2.75, 3.05) is 43.6 Å². The molecule has 0 radical (unpaired) electrons. The molecule has 0 aliphatic carbocycles. The molecule has 0 aliphatic heterocycles. The quantitative estimate of drug-likeness (QED) is 0.141. The number of aryl methyl sites for hydroxylation is 2. The van der Waals surface area contributed by atoms with Gasteiger partial charge in [0.15, 0.2) is 0 Å². The minimum absolute atomic E-state index is 0. The van der Waals surface area contributed by atoms with E-state index >= 15 is 0 Å². The Balaban J connectivity index is 0.00000384. The maximum Gasteiger partial charge on any atom is 0.255 e. The van der Waals surface area contributed by atoms with E-state index in [1.807, 2.05) is 36.4 Å². The van der Waals surface area contributed by atoms with Crippen molar-refractivity contribution in [1.29, 1.82) is 0 Å². The minimum Gasteiger partial charge on any atom is -1.00 e. The lowest BCUT2D eigenvalue weighted by Crippen LogP contribution is -3.00. The highest BCUT2D eigenvalue weighted by Gasteiger charge is 2.11. The molecule has 0 aromatic heterocycles. The summed E-state index contributed by atoms with van der Waals surface area (Å²) < 4.78 is 1.01. The molecular formula is C38H45Cl2N4O3-. The molecule has 0 spiro atoms. The molecule has 3 amide bonds. The molecule has 4 aromatic carbocycles. The van der Waals surface area contributed by atoms with Crippen LogP contribution in [0, 0.1) is 0 Å². The second-order valence-corrected chi connectivity index (χ2v) is 12.4. The standard InChI is InChI=1S/C38H44N4O3.2ClH/c1-5-28-11-15-30(16-12-28)36(43)39-33-21-19-32(20-22-33)38(45)41-35-25-23-34(24-26-35)40-37(44)31-17-13-29(14-18-31)10-8-6-7-9-27-42(2,3)4;;/h11-26H,5-10,27H2,1-4H3,(H2-,39,40,41,43,44,45);2*1H/p-1. The molecule has 9 heteroatoms. The zero-order valence-corrected chi connectivity index (χ0v) is 29.1. The highest BCUT2D eigenvalue weighted by atomic mass is 35.5. The van der Waals surface area contributed by atoms with Crippen LogP contribution in [0.4, 0.5) is 17.1 Å². The largest absolute Gasteiger partial charge is 1.00 e. The molecular weight excluding hydrogens is 631 g/mol. The van der Waals surface area contributed by atoms with E-state index in [4.69, 9.17) is 0 Å². The SMILES string of the molecule is CCc1ccc(C(=O)Nc2ccc(C(=O)Nc3ccc(NC(=O)c4ccc(CCCCCC[N+](C)(C)C)cc4)cc3)cc2)cc1.[Cl-].[Cl-]. The Labute approximate surface area is 291 Å². The number of nitrogens with one attached hydrogen (secondary N) is 3. The van der Waals surface area contributed by atoms with Crippen LogP contribution in [0.15, 0.2) is 97.1 Å². The van der Waals surface area contributed by atoms with Gasteiger partial charge in [0.05, 0.1) is 27.7 Å². The second kappa shape index (κ2) is 18.8. The Morgan fingerprint density at radius 1 is 0.489 bits per heavy atom. The van der Waals surface area contributed by atoms with Crippen LogP contribution in [0.25, 0.3) is 0 Å². The fraction of sp³-hybridized carbons (Fsp3) is 0.289. The Hall–Kier alpha value is -4.17. The van der Waals surface area contributed by atoms with Gasteiger partial charge in [0, 0.05) is 33.8 Å². The molecule has 0 aliphatic rings. The number of nitrogens with zero attached hydrogens (tertiary/aromatic N) is 1. The van der Waals surface area contributed by atoms with Crippen molar-refractivity contribution in [2.45, 2.75) is 45.4 Å². The minimum atomic E-state index is -0.274. The van der Waals surface area contributed by atoms with Crippen LogP contribution in [-0.2, 0) is 12.8 Å². The van der Waals surface area contributed by atoms with Crippen molar-refractivity contribution >= 4 is 34.8 Å². The topological polar surface area (TPSA) is 87.3 Å². The van der Waals surface area contributed by atoms with Crippen molar-refractivity contribution in [2.24, 2.45) is 0 Å². The predicted molar refractivity (Wildman–Crippen MR) is 184 cm³/mol. The van der Waals surface area contributed by atoms with Gasteiger partial charge in [-0.3, -0.25) is 14.4 Å². The predicted octanol–water partition coefficient (Wildman–Crippen LogP) is 1.82. The summed E-state index contributed by atoms with van der Waals surface area (Å²) in [5, 5.41) is 8.65. The zero-order chi connectivity index (χ0) is 32.2. The van der Waals surface area contributed by atoms with Gasteiger partial charge in [-0.1, -0.05) is 37.6 Å². The van der Waals surface area contributed by atoms with E-state index < -0.39 is 0 Å². The summed E-state index contributed by atoms with van der Waals surface area (Å²) in [6.45, 7) is 3.27. The number of unbranched alkanes of at least 4 members (excludes halogenated alkanes) is 3. The van der Waals surface area contributed by atoms with Crippen LogP contribution in [0.2, 0.25) is 0 Å². The number of benzene rings is 4. The van der Waals surface area contributed by atoms with Gasteiger partial charge in [-0.25, -0.2) is 0 Å². The van der Waals surface area contributed by atoms with Crippen molar-refractivity contribution in [3.63, 3.8) is 0 Å². The van der Waals surface area contributed by atoms with E-state index in [-0.39, 0.29) is 42.5 Å². The fourth-order valence-electron chi connectivity index (χ4n) is 4.94. The number of halogens is 2. The van der Waals surface area contributed by atoms with Crippen LogP contribution >= 0.6 is 0 Å². The molecule has 250 valence electrons. The van der Waals surface area contributed by atoms with Crippen molar-refractivity contribution < 1.29 is 43.7 Å². The summed E-state index contributed by atoms with van der Waals surface area (Å²) in [6, 6.07) is 29.0. The molecule has 7 nitrogen and oxygen atoms in total. The van der Waals surface area contributed by atoms with Gasteiger partial charge < -0.3 is 45.2 Å². The lowest BCUT2D eigenvalue weighted by atomic mass is 10.0. The average Bonchev–Trinajstić information content (AvgIpc) is 3.03. The lowest BCUT2D eigenvalue weighted by molar-refractivity contribution is -0.870. The van der Waals surface area contributed by atoms with E-state index in [9.17, 15) is 14.4 Å². The first-order valence-corrected chi connectivity index (χ1v) is 15.7. The zero-order valence-electron chi connectivity index (χ0n) is 27.6. The van der Waals surface area contributed by atoms with Crippen molar-refractivity contribution in [3.8, 4) is 0 Å². The smallest absolute Gasteiger partial charge is 0.255 e. The summed E-state index contributed by atoms with van der Waals surface area (Å²) in [7, 11) is 6.69. The Kier molecular flexibility index (Phi) is 15.6. The number of anilines is 3. The Morgan fingerprint density at radius 2 is 0.830 bits per heavy atom. The van der Waals surface area contributed by atoms with Gasteiger partial charge in [-0.2, -0.15) is 0 Å². The third kappa shape index (κ3) is 12.9. The second-order valence-electron chi connectivity index (χ2n) is 12.4. The normalized spacial score (nSPS) is 10.6. The van der Waals surface area contributed by atoms with Gasteiger partial charge in [-0.15, -0.1) is 0 Å². The lowest BCUT2D eigenvalue weighted by Gasteiger charge is -2.23. The molecule has 4 aromatic rings. The third-order valence-electron chi connectivity index (χ3n) is 7.69. The van der Waals surface area contributed by atoms with E-state index in [1.54, 1.807) is 60.7 Å². The molecule has 4 rings (SSSR count). The van der Waals surface area contributed by atoms with Crippen LogP contribution in [0.1, 0.15) is 74.8 Å². The van der Waals surface area contributed by atoms with Gasteiger partial charge >= 0.3 is 0 Å². The molecule has 0 fully saturated rings. The monoisotopic (exact) mass is 675 g/mol.